The van der Waals surface area contributed by atoms with Crippen molar-refractivity contribution in [1.82, 2.24) is 0 Å². The van der Waals surface area contributed by atoms with Gasteiger partial charge in [-0.1, -0.05) is 30.0 Å². The number of halogens is 5. The fourth-order valence-corrected chi connectivity index (χ4v) is 1.99. The topological polar surface area (TPSA) is 40.9 Å². The number of carbonyl (C=O) groups excluding carboxylic acids is 1. The van der Waals surface area contributed by atoms with Crippen LogP contribution in [-0.2, 0) is 11.0 Å². The van der Waals surface area contributed by atoms with Crippen LogP contribution in [0.4, 0.5) is 13.2 Å². The maximum Gasteiger partial charge on any atom is 0.416 e. The highest BCUT2D eigenvalue weighted by atomic mass is 35.5. The first-order chi connectivity index (χ1) is 9.32. The molecule has 0 bridgehead atoms. The molecular weight excluding hydrogens is 346 g/mol. The maximum absolute atomic E-state index is 12.3. The van der Waals surface area contributed by atoms with E-state index >= 15 is 0 Å². The molecule has 0 aromatic heterocycles. The Hall–Kier alpha value is -0.980. The number of Topliss-reactive ketones (excluding diaryl/α,β-unsaturated/α-hetero) is 1. The number of hydrogen-bond acceptors (Lipinski definition) is 3. The Balaban J connectivity index is 0.00000400. The van der Waals surface area contributed by atoms with Gasteiger partial charge in [-0.25, -0.2) is 0 Å². The Labute approximate surface area is 135 Å². The van der Waals surface area contributed by atoms with Crippen molar-refractivity contribution >= 4 is 52.7 Å². The number of rotatable bonds is 5. The van der Waals surface area contributed by atoms with Gasteiger partial charge in [0.25, 0.3) is 0 Å². The second-order valence-corrected chi connectivity index (χ2v) is 5.06. The quantitative estimate of drug-likeness (QED) is 0.473. The summed E-state index contributed by atoms with van der Waals surface area (Å²) in [6, 6.07) is 4.60. The van der Waals surface area contributed by atoms with Crippen molar-refractivity contribution in [2.75, 3.05) is 11.6 Å². The number of carbonyl (C=O) groups is 1. The molecule has 1 rings (SSSR count). The van der Waals surface area contributed by atoms with Crippen molar-refractivity contribution in [2.45, 2.75) is 6.18 Å². The molecule has 0 saturated carbocycles. The van der Waals surface area contributed by atoms with E-state index in [1.807, 2.05) is 0 Å². The van der Waals surface area contributed by atoms with Crippen LogP contribution in [0.1, 0.15) is 11.1 Å². The maximum atomic E-state index is 12.3. The molecule has 21 heavy (non-hydrogen) atoms. The first-order valence-corrected chi connectivity index (χ1v) is 6.99. The molecule has 0 aliphatic rings. The number of ketones is 1. The molecule has 0 spiro atoms. The third-order valence-electron chi connectivity index (χ3n) is 2.20. The van der Waals surface area contributed by atoms with Crippen molar-refractivity contribution in [3.63, 3.8) is 0 Å². The van der Waals surface area contributed by atoms with Crippen LogP contribution < -0.4 is 0 Å². The monoisotopic (exact) mass is 357 g/mol. The first kappa shape index (κ1) is 20.0. The van der Waals surface area contributed by atoms with E-state index in [0.29, 0.717) is 5.56 Å². The number of thioether (sulfide) groups is 1. The van der Waals surface area contributed by atoms with Gasteiger partial charge in [0.2, 0.25) is 0 Å². The molecular formula is C13H12Cl2F3NOS. The van der Waals surface area contributed by atoms with Crippen LogP contribution in [0.25, 0.3) is 6.08 Å². The highest BCUT2D eigenvalue weighted by Crippen LogP contribution is 2.29. The highest BCUT2D eigenvalue weighted by molar-refractivity contribution is 8.14. The molecule has 0 aliphatic carbocycles. The van der Waals surface area contributed by atoms with Crippen molar-refractivity contribution in [2.24, 2.45) is 0 Å². The summed E-state index contributed by atoms with van der Waals surface area (Å²) in [5, 5.41) is 7.69. The SMILES string of the molecule is Cl.N=C(C=Cc1ccc(C(F)(F)F)cc1)SCC(=O)CCl. The smallest absolute Gasteiger partial charge is 0.297 e. The highest BCUT2D eigenvalue weighted by Gasteiger charge is 2.29. The lowest BCUT2D eigenvalue weighted by Crippen LogP contribution is -2.04. The van der Waals surface area contributed by atoms with Crippen molar-refractivity contribution < 1.29 is 18.0 Å². The number of nitrogens with one attached hydrogen (secondary N) is 1. The molecule has 0 heterocycles. The summed E-state index contributed by atoms with van der Waals surface area (Å²) < 4.78 is 37.0. The fraction of sp³-hybridized carbons (Fsp3) is 0.231. The minimum atomic E-state index is -4.35. The van der Waals surface area contributed by atoms with E-state index in [1.165, 1.54) is 24.3 Å². The summed E-state index contributed by atoms with van der Waals surface area (Å²) >= 11 is 6.34. The molecule has 0 fully saturated rings. The van der Waals surface area contributed by atoms with E-state index < -0.39 is 11.7 Å². The van der Waals surface area contributed by atoms with Crippen LogP contribution >= 0.6 is 35.8 Å². The van der Waals surface area contributed by atoms with Crippen molar-refractivity contribution in [1.29, 1.82) is 5.41 Å². The summed E-state index contributed by atoms with van der Waals surface area (Å²) in [5.74, 6) is -0.160. The predicted molar refractivity (Wildman–Crippen MR) is 83.6 cm³/mol. The molecule has 0 unspecified atom stereocenters. The average molecular weight is 358 g/mol. The third-order valence-corrected chi connectivity index (χ3v) is 3.41. The Bertz CT molecular complexity index is 515. The van der Waals surface area contributed by atoms with Gasteiger partial charge in [-0.05, 0) is 23.8 Å². The second-order valence-electron chi connectivity index (χ2n) is 3.78. The van der Waals surface area contributed by atoms with Gasteiger partial charge in [0.1, 0.15) is 0 Å². The van der Waals surface area contributed by atoms with E-state index in [-0.39, 0.29) is 34.9 Å². The van der Waals surface area contributed by atoms with Crippen LogP contribution in [0.15, 0.2) is 30.3 Å². The van der Waals surface area contributed by atoms with Crippen LogP contribution in [-0.4, -0.2) is 22.5 Å². The largest absolute Gasteiger partial charge is 0.416 e. The van der Waals surface area contributed by atoms with E-state index in [1.54, 1.807) is 0 Å². The normalized spacial score (nSPS) is 11.2. The van der Waals surface area contributed by atoms with Gasteiger partial charge in [0, 0.05) is 0 Å². The molecule has 0 saturated heterocycles. The van der Waals surface area contributed by atoms with Crippen LogP contribution in [0, 0.1) is 5.41 Å². The van der Waals surface area contributed by atoms with Gasteiger partial charge in [0.05, 0.1) is 22.2 Å². The van der Waals surface area contributed by atoms with Gasteiger partial charge in [-0.3, -0.25) is 10.2 Å². The van der Waals surface area contributed by atoms with Gasteiger partial charge in [-0.15, -0.1) is 24.0 Å². The predicted octanol–water partition coefficient (Wildman–Crippen LogP) is 4.66. The Morgan fingerprint density at radius 3 is 2.33 bits per heavy atom. The van der Waals surface area contributed by atoms with E-state index in [2.05, 4.69) is 0 Å². The minimum Gasteiger partial charge on any atom is -0.297 e. The van der Waals surface area contributed by atoms with Gasteiger partial charge >= 0.3 is 6.18 Å². The molecule has 1 N–H and O–H groups in total. The van der Waals surface area contributed by atoms with E-state index in [4.69, 9.17) is 17.0 Å². The molecule has 116 valence electrons. The number of alkyl halides is 4. The molecule has 0 radical (unpaired) electrons. The summed E-state index contributed by atoms with van der Waals surface area (Å²) in [6.45, 7) is 0. The molecule has 0 amide bonds. The lowest BCUT2D eigenvalue weighted by molar-refractivity contribution is -0.137. The molecule has 8 heteroatoms. The zero-order valence-corrected chi connectivity index (χ0v) is 13.0. The first-order valence-electron chi connectivity index (χ1n) is 5.47. The van der Waals surface area contributed by atoms with Crippen LogP contribution in [0.2, 0.25) is 0 Å². The zero-order valence-electron chi connectivity index (χ0n) is 10.6. The van der Waals surface area contributed by atoms with Crippen LogP contribution in [0.5, 0.6) is 0 Å². The Morgan fingerprint density at radius 2 is 1.86 bits per heavy atom. The number of benzene rings is 1. The summed E-state index contributed by atoms with van der Waals surface area (Å²) in [6.07, 6.45) is -1.41. The molecule has 0 atom stereocenters. The zero-order chi connectivity index (χ0) is 15.2. The fourth-order valence-electron chi connectivity index (χ4n) is 1.20. The third kappa shape index (κ3) is 7.55. The lowest BCUT2D eigenvalue weighted by Gasteiger charge is -2.05. The van der Waals surface area contributed by atoms with Gasteiger partial charge < -0.3 is 0 Å². The Morgan fingerprint density at radius 1 is 1.29 bits per heavy atom. The van der Waals surface area contributed by atoms with Crippen molar-refractivity contribution in [3.8, 4) is 0 Å². The molecule has 0 aliphatic heterocycles. The number of hydrogen-bond donors (Lipinski definition) is 1. The molecule has 1 aromatic rings. The standard InChI is InChI=1S/C13H11ClF3NOS.ClH/c14-7-11(19)8-20-12(18)6-3-9-1-4-10(5-2-9)13(15,16)17;/h1-6,18H,7-8H2;1H. The molecule has 2 nitrogen and oxygen atoms in total. The summed E-state index contributed by atoms with van der Waals surface area (Å²) in [7, 11) is 0. The van der Waals surface area contributed by atoms with Crippen molar-refractivity contribution in [3.05, 3.63) is 41.5 Å². The summed E-state index contributed by atoms with van der Waals surface area (Å²) in [4.78, 5) is 10.9. The molecule has 1 aromatic carbocycles. The van der Waals surface area contributed by atoms with Crippen LogP contribution in [0.3, 0.4) is 0 Å². The van der Waals surface area contributed by atoms with E-state index in [9.17, 15) is 18.0 Å². The summed E-state index contributed by atoms with van der Waals surface area (Å²) in [5.41, 5.74) is -0.168. The van der Waals surface area contributed by atoms with Gasteiger partial charge in [0.15, 0.2) is 5.78 Å². The van der Waals surface area contributed by atoms with Gasteiger partial charge in [-0.2, -0.15) is 13.2 Å². The minimum absolute atomic E-state index is 0. The second kappa shape index (κ2) is 9.12. The lowest BCUT2D eigenvalue weighted by atomic mass is 10.1. The Kier molecular flexibility index (Phi) is 8.70. The average Bonchev–Trinajstić information content (AvgIpc) is 2.41. The van der Waals surface area contributed by atoms with E-state index in [0.717, 1.165) is 23.9 Å².